The lowest BCUT2D eigenvalue weighted by atomic mass is 10.0. The highest BCUT2D eigenvalue weighted by molar-refractivity contribution is 5.98. The minimum atomic E-state index is -0.621. The van der Waals surface area contributed by atoms with Gasteiger partial charge in [0.1, 0.15) is 19.3 Å². The second-order valence-electron chi connectivity index (χ2n) is 7.21. The summed E-state index contributed by atoms with van der Waals surface area (Å²) in [4.78, 5) is 25.3. The molecule has 0 saturated heterocycles. The van der Waals surface area contributed by atoms with Crippen molar-refractivity contribution in [3.63, 3.8) is 0 Å². The van der Waals surface area contributed by atoms with E-state index in [2.05, 4.69) is 10.6 Å². The van der Waals surface area contributed by atoms with E-state index in [9.17, 15) is 9.59 Å². The number of ether oxygens (including phenoxy) is 2. The predicted octanol–water partition coefficient (Wildman–Crippen LogP) is 2.84. The molecule has 1 aliphatic heterocycles. The number of hydrogen-bond donors (Lipinski definition) is 2. The highest BCUT2D eigenvalue weighted by Gasteiger charge is 2.25. The van der Waals surface area contributed by atoms with Crippen LogP contribution in [0.4, 0.5) is 0 Å². The number of rotatable bonds is 6. The summed E-state index contributed by atoms with van der Waals surface area (Å²) in [5.41, 5.74) is 2.36. The van der Waals surface area contributed by atoms with Gasteiger partial charge in [-0.3, -0.25) is 9.59 Å². The average Bonchev–Trinajstić information content (AvgIpc) is 2.70. The van der Waals surface area contributed by atoms with Crippen molar-refractivity contribution in [3.05, 3.63) is 59.2 Å². The zero-order chi connectivity index (χ0) is 20.1. The number of fused-ring (bicyclic) bond motifs is 1. The van der Waals surface area contributed by atoms with Gasteiger partial charge >= 0.3 is 0 Å². The van der Waals surface area contributed by atoms with Crippen molar-refractivity contribution in [2.24, 2.45) is 5.92 Å². The van der Waals surface area contributed by atoms with Crippen molar-refractivity contribution in [2.45, 2.75) is 33.4 Å². The Morgan fingerprint density at radius 2 is 1.75 bits per heavy atom. The summed E-state index contributed by atoms with van der Waals surface area (Å²) in [6.45, 7) is 7.10. The van der Waals surface area contributed by atoms with Crippen LogP contribution < -0.4 is 20.1 Å². The van der Waals surface area contributed by atoms with Crippen LogP contribution in [-0.4, -0.2) is 31.1 Å². The van der Waals surface area contributed by atoms with Gasteiger partial charge in [-0.05, 0) is 42.2 Å². The standard InChI is InChI=1S/C22H26N2O4/c1-14(2)20(24-21(25)17-7-5-4-6-15(17)3)22(26)23-13-16-8-9-18-19(12-16)28-11-10-27-18/h4-9,12,14,20H,10-11,13H2,1-3H3,(H,23,26)(H,24,25)/t20-/m0/s1. The molecule has 0 radical (unpaired) electrons. The summed E-state index contributed by atoms with van der Waals surface area (Å²) in [7, 11) is 0. The summed E-state index contributed by atoms with van der Waals surface area (Å²) in [5, 5.41) is 5.77. The Labute approximate surface area is 165 Å². The second-order valence-corrected chi connectivity index (χ2v) is 7.21. The summed E-state index contributed by atoms with van der Waals surface area (Å²) < 4.78 is 11.1. The molecule has 6 heteroatoms. The summed E-state index contributed by atoms with van der Waals surface area (Å²) in [6, 6.07) is 12.3. The molecule has 2 amide bonds. The van der Waals surface area contributed by atoms with E-state index in [0.29, 0.717) is 36.8 Å². The van der Waals surface area contributed by atoms with Gasteiger partial charge in [0.05, 0.1) is 0 Å². The van der Waals surface area contributed by atoms with Crippen LogP contribution in [-0.2, 0) is 11.3 Å². The molecule has 3 rings (SSSR count). The second kappa shape index (κ2) is 8.78. The van der Waals surface area contributed by atoms with Gasteiger partial charge < -0.3 is 20.1 Å². The van der Waals surface area contributed by atoms with Gasteiger partial charge in [-0.2, -0.15) is 0 Å². The first-order valence-corrected chi connectivity index (χ1v) is 9.48. The Kier molecular flexibility index (Phi) is 6.19. The third kappa shape index (κ3) is 4.63. The molecule has 0 unspecified atom stereocenters. The van der Waals surface area contributed by atoms with Crippen molar-refractivity contribution in [1.82, 2.24) is 10.6 Å². The lowest BCUT2D eigenvalue weighted by molar-refractivity contribution is -0.124. The van der Waals surface area contributed by atoms with E-state index in [1.807, 2.05) is 57.2 Å². The summed E-state index contributed by atoms with van der Waals surface area (Å²) in [6.07, 6.45) is 0. The lowest BCUT2D eigenvalue weighted by Gasteiger charge is -2.23. The molecule has 2 N–H and O–H groups in total. The van der Waals surface area contributed by atoms with Crippen molar-refractivity contribution in [2.75, 3.05) is 13.2 Å². The fourth-order valence-electron chi connectivity index (χ4n) is 3.08. The third-order valence-electron chi connectivity index (χ3n) is 4.70. The number of aryl methyl sites for hydroxylation is 1. The fraction of sp³-hybridized carbons (Fsp3) is 0.364. The maximum atomic E-state index is 12.7. The van der Waals surface area contributed by atoms with Gasteiger partial charge in [0.2, 0.25) is 5.91 Å². The van der Waals surface area contributed by atoms with Gasteiger partial charge in [0.25, 0.3) is 5.91 Å². The third-order valence-corrected chi connectivity index (χ3v) is 4.70. The van der Waals surface area contributed by atoms with Crippen LogP contribution >= 0.6 is 0 Å². The quantitative estimate of drug-likeness (QED) is 0.805. The molecule has 1 heterocycles. The highest BCUT2D eigenvalue weighted by atomic mass is 16.6. The Morgan fingerprint density at radius 3 is 2.46 bits per heavy atom. The molecule has 1 atom stereocenters. The molecule has 148 valence electrons. The van der Waals surface area contributed by atoms with Gasteiger partial charge in [0, 0.05) is 12.1 Å². The fourth-order valence-corrected chi connectivity index (χ4v) is 3.08. The number of nitrogens with one attached hydrogen (secondary N) is 2. The molecule has 6 nitrogen and oxygen atoms in total. The largest absolute Gasteiger partial charge is 0.486 e. The molecule has 2 aromatic rings. The van der Waals surface area contributed by atoms with Crippen molar-refractivity contribution in [1.29, 1.82) is 0 Å². The number of carbonyl (C=O) groups excluding carboxylic acids is 2. The van der Waals surface area contributed by atoms with Crippen molar-refractivity contribution < 1.29 is 19.1 Å². The first kappa shape index (κ1) is 19.7. The van der Waals surface area contributed by atoms with E-state index in [4.69, 9.17) is 9.47 Å². The van der Waals surface area contributed by atoms with Crippen LogP contribution in [0.3, 0.4) is 0 Å². The molecular formula is C22H26N2O4. The van der Waals surface area contributed by atoms with Crippen LogP contribution in [0, 0.1) is 12.8 Å². The molecule has 28 heavy (non-hydrogen) atoms. The zero-order valence-electron chi connectivity index (χ0n) is 16.5. The molecule has 2 aromatic carbocycles. The predicted molar refractivity (Wildman–Crippen MR) is 107 cm³/mol. The minimum Gasteiger partial charge on any atom is -0.486 e. The smallest absolute Gasteiger partial charge is 0.252 e. The Morgan fingerprint density at radius 1 is 1.04 bits per heavy atom. The van der Waals surface area contributed by atoms with Gasteiger partial charge in [-0.1, -0.05) is 38.1 Å². The monoisotopic (exact) mass is 382 g/mol. The van der Waals surface area contributed by atoms with Crippen molar-refractivity contribution in [3.8, 4) is 11.5 Å². The first-order chi connectivity index (χ1) is 13.5. The van der Waals surface area contributed by atoms with E-state index in [1.54, 1.807) is 6.07 Å². The number of benzene rings is 2. The van der Waals surface area contributed by atoms with Crippen LogP contribution in [0.1, 0.15) is 35.3 Å². The molecule has 0 saturated carbocycles. The molecule has 0 spiro atoms. The molecule has 0 aromatic heterocycles. The zero-order valence-corrected chi connectivity index (χ0v) is 16.5. The molecule has 0 bridgehead atoms. The van der Waals surface area contributed by atoms with Crippen molar-refractivity contribution >= 4 is 11.8 Å². The SMILES string of the molecule is Cc1ccccc1C(=O)N[C@H](C(=O)NCc1ccc2c(c1)OCCO2)C(C)C. The number of carbonyl (C=O) groups is 2. The molecule has 0 aliphatic carbocycles. The van der Waals surface area contributed by atoms with E-state index in [0.717, 1.165) is 11.1 Å². The van der Waals surface area contributed by atoms with Gasteiger partial charge in [0.15, 0.2) is 11.5 Å². The Hall–Kier alpha value is -3.02. The maximum Gasteiger partial charge on any atom is 0.252 e. The average molecular weight is 382 g/mol. The summed E-state index contributed by atoms with van der Waals surface area (Å²) in [5.74, 6) is 0.893. The van der Waals surface area contributed by atoms with Gasteiger partial charge in [-0.15, -0.1) is 0 Å². The number of amides is 2. The summed E-state index contributed by atoms with van der Waals surface area (Å²) >= 11 is 0. The Bertz CT molecular complexity index is 863. The van der Waals surface area contributed by atoms with Gasteiger partial charge in [-0.25, -0.2) is 0 Å². The van der Waals surface area contributed by atoms with Crippen LogP contribution in [0.5, 0.6) is 11.5 Å². The Balaban J connectivity index is 1.63. The normalized spacial score (nSPS) is 13.7. The van der Waals surface area contributed by atoms with E-state index >= 15 is 0 Å². The van der Waals surface area contributed by atoms with Crippen LogP contribution in [0.25, 0.3) is 0 Å². The molecule has 0 fully saturated rings. The van der Waals surface area contributed by atoms with Crippen LogP contribution in [0.2, 0.25) is 0 Å². The van der Waals surface area contributed by atoms with E-state index in [-0.39, 0.29) is 17.7 Å². The maximum absolute atomic E-state index is 12.7. The molecule has 1 aliphatic rings. The number of hydrogen-bond acceptors (Lipinski definition) is 4. The first-order valence-electron chi connectivity index (χ1n) is 9.48. The van der Waals surface area contributed by atoms with Crippen LogP contribution in [0.15, 0.2) is 42.5 Å². The van der Waals surface area contributed by atoms with E-state index in [1.165, 1.54) is 0 Å². The minimum absolute atomic E-state index is 0.0479. The highest BCUT2D eigenvalue weighted by Crippen LogP contribution is 2.30. The topological polar surface area (TPSA) is 76.7 Å². The van der Waals surface area contributed by atoms with E-state index < -0.39 is 6.04 Å². The lowest BCUT2D eigenvalue weighted by Crippen LogP contribution is -2.49. The molecular weight excluding hydrogens is 356 g/mol.